The molecule has 1 unspecified atom stereocenters. The molecule has 0 saturated carbocycles. The first-order valence-corrected chi connectivity index (χ1v) is 17.4. The lowest BCUT2D eigenvalue weighted by Gasteiger charge is -2.36. The van der Waals surface area contributed by atoms with Crippen LogP contribution in [0.15, 0.2) is 206 Å². The van der Waals surface area contributed by atoms with E-state index in [2.05, 4.69) is 217 Å². The Kier molecular flexibility index (Phi) is 7.75. The molecule has 0 spiro atoms. The Morgan fingerprint density at radius 1 is 0.392 bits per heavy atom. The number of ether oxygens (including phenoxy) is 1. The van der Waals surface area contributed by atoms with Crippen LogP contribution in [0.2, 0.25) is 0 Å². The Bertz CT molecular complexity index is 2420. The summed E-state index contributed by atoms with van der Waals surface area (Å²) >= 11 is 0. The van der Waals surface area contributed by atoms with Crippen molar-refractivity contribution >= 4 is 33.9 Å². The Balaban J connectivity index is 1.05. The van der Waals surface area contributed by atoms with E-state index in [1.807, 2.05) is 0 Å². The van der Waals surface area contributed by atoms with Crippen molar-refractivity contribution in [1.82, 2.24) is 0 Å². The summed E-state index contributed by atoms with van der Waals surface area (Å²) in [6.07, 6.45) is 4.47. The number of hydrogen-bond donors (Lipinski definition) is 0. The average molecular weight is 654 g/mol. The second-order valence-corrected chi connectivity index (χ2v) is 12.9. The van der Waals surface area contributed by atoms with Gasteiger partial charge in [-0.15, -0.1) is 0 Å². The van der Waals surface area contributed by atoms with Gasteiger partial charge in [0.1, 0.15) is 5.75 Å². The third kappa shape index (κ3) is 5.67. The van der Waals surface area contributed by atoms with Crippen molar-refractivity contribution in [1.29, 1.82) is 0 Å². The molecule has 0 aliphatic carbocycles. The molecule has 1 atom stereocenters. The lowest BCUT2D eigenvalue weighted by molar-refractivity contribution is 0.161. The van der Waals surface area contributed by atoms with Crippen LogP contribution in [0, 0.1) is 0 Å². The number of fused-ring (bicyclic) bond motifs is 3. The molecule has 8 aromatic carbocycles. The SMILES string of the molecule is C1=CC(c2ccccc2)(c2ccc(-c3ccccc3)cc2)Oc2ccc3cc(-c4ccc(N(c5ccccc5)c5ccccc5)cc4)ccc3c21. The van der Waals surface area contributed by atoms with E-state index in [9.17, 15) is 0 Å². The molecule has 1 heterocycles. The van der Waals surface area contributed by atoms with Crippen LogP contribution in [0.25, 0.3) is 39.1 Å². The van der Waals surface area contributed by atoms with Gasteiger partial charge in [-0.3, -0.25) is 0 Å². The molecule has 1 aliphatic rings. The lowest BCUT2D eigenvalue weighted by atomic mass is 9.82. The smallest absolute Gasteiger partial charge is 0.178 e. The number of hydrogen-bond acceptors (Lipinski definition) is 2. The van der Waals surface area contributed by atoms with E-state index in [1.54, 1.807) is 0 Å². The van der Waals surface area contributed by atoms with Crippen LogP contribution < -0.4 is 9.64 Å². The summed E-state index contributed by atoms with van der Waals surface area (Å²) in [5.41, 5.74) is 10.6. The maximum atomic E-state index is 7.08. The highest BCUT2D eigenvalue weighted by Crippen LogP contribution is 2.45. The van der Waals surface area contributed by atoms with Crippen LogP contribution >= 0.6 is 0 Å². The Morgan fingerprint density at radius 3 is 1.53 bits per heavy atom. The molecular formula is C49H35NO. The normalized spacial score (nSPS) is 14.8. The number of rotatable bonds is 7. The first-order valence-electron chi connectivity index (χ1n) is 17.4. The molecule has 1 aliphatic heterocycles. The predicted octanol–water partition coefficient (Wildman–Crippen LogP) is 13.0. The molecule has 2 heteroatoms. The standard InChI is InChI=1S/C49H35NO/c1-5-13-36(14-6-1)37-21-27-42(28-22-37)49(41-15-7-2-8-16-41)34-33-47-46-31-25-39(35-40(46)26-32-48(47)51-49)38-23-29-45(30-24-38)50(43-17-9-3-10-18-43)44-19-11-4-12-20-44/h1-35H. The predicted molar refractivity (Wildman–Crippen MR) is 213 cm³/mol. The maximum absolute atomic E-state index is 7.08. The Hall–Kier alpha value is -6.64. The lowest BCUT2D eigenvalue weighted by Crippen LogP contribution is -2.34. The van der Waals surface area contributed by atoms with Gasteiger partial charge in [0.15, 0.2) is 5.60 Å². The van der Waals surface area contributed by atoms with Crippen LogP contribution in [0.5, 0.6) is 5.75 Å². The van der Waals surface area contributed by atoms with E-state index >= 15 is 0 Å². The van der Waals surface area contributed by atoms with Crippen molar-refractivity contribution in [2.45, 2.75) is 5.60 Å². The number of para-hydroxylation sites is 2. The number of nitrogens with zero attached hydrogens (tertiary/aromatic N) is 1. The van der Waals surface area contributed by atoms with Crippen molar-refractivity contribution < 1.29 is 4.74 Å². The first kappa shape index (κ1) is 30.4. The van der Waals surface area contributed by atoms with Gasteiger partial charge in [-0.25, -0.2) is 0 Å². The third-order valence-electron chi connectivity index (χ3n) is 9.89. The van der Waals surface area contributed by atoms with E-state index in [0.29, 0.717) is 0 Å². The van der Waals surface area contributed by atoms with Crippen LogP contribution in [0.3, 0.4) is 0 Å². The zero-order valence-corrected chi connectivity index (χ0v) is 28.1. The highest BCUT2D eigenvalue weighted by molar-refractivity contribution is 5.96. The van der Waals surface area contributed by atoms with E-state index in [0.717, 1.165) is 39.5 Å². The van der Waals surface area contributed by atoms with Gasteiger partial charge in [0, 0.05) is 33.8 Å². The van der Waals surface area contributed by atoms with E-state index in [1.165, 1.54) is 33.0 Å². The van der Waals surface area contributed by atoms with Crippen LogP contribution in [0.4, 0.5) is 17.1 Å². The zero-order chi connectivity index (χ0) is 34.0. The summed E-state index contributed by atoms with van der Waals surface area (Å²) < 4.78 is 7.08. The van der Waals surface area contributed by atoms with Crippen molar-refractivity contribution in [3.05, 3.63) is 223 Å². The summed E-state index contributed by atoms with van der Waals surface area (Å²) in [6, 6.07) is 70.7. The second-order valence-electron chi connectivity index (χ2n) is 12.9. The van der Waals surface area contributed by atoms with Gasteiger partial charge in [-0.05, 0) is 93.7 Å². The molecule has 242 valence electrons. The topological polar surface area (TPSA) is 12.5 Å². The third-order valence-corrected chi connectivity index (χ3v) is 9.89. The second kappa shape index (κ2) is 13.0. The van der Waals surface area contributed by atoms with Gasteiger partial charge in [0.2, 0.25) is 0 Å². The molecule has 0 radical (unpaired) electrons. The molecule has 0 aromatic heterocycles. The van der Waals surface area contributed by atoms with E-state index in [-0.39, 0.29) is 0 Å². The van der Waals surface area contributed by atoms with Crippen molar-refractivity contribution in [3.8, 4) is 28.0 Å². The minimum atomic E-state index is -0.744. The summed E-state index contributed by atoms with van der Waals surface area (Å²) in [4.78, 5) is 2.29. The molecule has 0 amide bonds. The van der Waals surface area contributed by atoms with Gasteiger partial charge in [0.05, 0.1) is 0 Å². The quantitative estimate of drug-likeness (QED) is 0.170. The highest BCUT2D eigenvalue weighted by atomic mass is 16.5. The molecule has 0 bridgehead atoms. The van der Waals surface area contributed by atoms with Crippen molar-refractivity contribution in [2.75, 3.05) is 4.90 Å². The first-order chi connectivity index (χ1) is 25.2. The molecule has 2 nitrogen and oxygen atoms in total. The fourth-order valence-corrected chi connectivity index (χ4v) is 7.29. The number of anilines is 3. The molecular weight excluding hydrogens is 619 g/mol. The van der Waals surface area contributed by atoms with E-state index < -0.39 is 5.60 Å². The molecule has 9 rings (SSSR count). The van der Waals surface area contributed by atoms with Gasteiger partial charge >= 0.3 is 0 Å². The average Bonchev–Trinajstić information content (AvgIpc) is 3.22. The molecule has 51 heavy (non-hydrogen) atoms. The van der Waals surface area contributed by atoms with Crippen molar-refractivity contribution in [3.63, 3.8) is 0 Å². The summed E-state index contributed by atoms with van der Waals surface area (Å²) in [7, 11) is 0. The monoisotopic (exact) mass is 653 g/mol. The zero-order valence-electron chi connectivity index (χ0n) is 28.1. The van der Waals surface area contributed by atoms with Crippen molar-refractivity contribution in [2.24, 2.45) is 0 Å². The summed E-state index contributed by atoms with van der Waals surface area (Å²) in [5.74, 6) is 0.875. The fraction of sp³-hybridized carbons (Fsp3) is 0.0204. The fourth-order valence-electron chi connectivity index (χ4n) is 7.29. The van der Waals surface area contributed by atoms with Crippen LogP contribution in [-0.2, 0) is 5.60 Å². The van der Waals surface area contributed by atoms with E-state index in [4.69, 9.17) is 4.74 Å². The Morgan fingerprint density at radius 2 is 0.882 bits per heavy atom. The van der Waals surface area contributed by atoms with Gasteiger partial charge in [-0.1, -0.05) is 152 Å². The minimum absolute atomic E-state index is 0.744. The molecule has 0 fully saturated rings. The minimum Gasteiger partial charge on any atom is -0.473 e. The highest BCUT2D eigenvalue weighted by Gasteiger charge is 2.37. The maximum Gasteiger partial charge on any atom is 0.178 e. The number of benzene rings is 8. The largest absolute Gasteiger partial charge is 0.473 e. The van der Waals surface area contributed by atoms with Gasteiger partial charge in [-0.2, -0.15) is 0 Å². The molecule has 8 aromatic rings. The summed E-state index contributed by atoms with van der Waals surface area (Å²) in [6.45, 7) is 0. The van der Waals surface area contributed by atoms with Crippen LogP contribution in [0.1, 0.15) is 16.7 Å². The molecule has 0 saturated heterocycles. The summed E-state index contributed by atoms with van der Waals surface area (Å²) in [5, 5.41) is 2.35. The Labute approximate surface area is 299 Å². The van der Waals surface area contributed by atoms with Crippen LogP contribution in [-0.4, -0.2) is 0 Å². The van der Waals surface area contributed by atoms with Gasteiger partial charge in [0.25, 0.3) is 0 Å². The van der Waals surface area contributed by atoms with Gasteiger partial charge < -0.3 is 9.64 Å². The molecule has 0 N–H and O–H groups in total.